The Labute approximate surface area is 154 Å². The summed E-state index contributed by atoms with van der Waals surface area (Å²) in [5.41, 5.74) is 2.29. The number of thiophene rings is 1. The number of ether oxygens (including phenoxy) is 2. The lowest BCUT2D eigenvalue weighted by molar-refractivity contribution is 0.0975. The normalized spacial score (nSPS) is 17.8. The van der Waals surface area contributed by atoms with Crippen LogP contribution in [-0.2, 0) is 0 Å². The predicted molar refractivity (Wildman–Crippen MR) is 101 cm³/mol. The summed E-state index contributed by atoms with van der Waals surface area (Å²) in [4.78, 5) is 17.4. The molecule has 2 aliphatic rings. The third-order valence-electron chi connectivity index (χ3n) is 4.59. The van der Waals surface area contributed by atoms with Gasteiger partial charge in [0.15, 0.2) is 11.5 Å². The smallest absolute Gasteiger partial charge is 0.262 e. The number of carbonyl (C=O) groups is 1. The number of hydrogen-bond donors (Lipinski definition) is 1. The first-order valence-corrected chi connectivity index (χ1v) is 9.17. The number of anilines is 2. The van der Waals surface area contributed by atoms with E-state index in [0.717, 1.165) is 16.3 Å². The summed E-state index contributed by atoms with van der Waals surface area (Å²) in [5, 5.41) is 3.52. The molecule has 5 rings (SSSR count). The van der Waals surface area contributed by atoms with E-state index in [4.69, 9.17) is 9.47 Å². The standard InChI is InChI=1S/C20H16N2O3S/c1-12-6-9-18(26-12)19-21-15-5-3-2-4-14(15)20(23)22(19)13-7-8-16-17(10-13)25-11-24-16/h2-10,19,21H,11H2,1H3/t19-/m1/s1. The van der Waals surface area contributed by atoms with Gasteiger partial charge in [-0.25, -0.2) is 0 Å². The second-order valence-electron chi connectivity index (χ2n) is 6.25. The Balaban J connectivity index is 1.65. The number of rotatable bonds is 2. The topological polar surface area (TPSA) is 50.8 Å². The highest BCUT2D eigenvalue weighted by Crippen LogP contribution is 2.42. The molecule has 0 aliphatic carbocycles. The molecule has 1 amide bonds. The monoisotopic (exact) mass is 364 g/mol. The molecule has 0 spiro atoms. The average molecular weight is 364 g/mol. The van der Waals surface area contributed by atoms with Gasteiger partial charge in [0, 0.05) is 21.5 Å². The van der Waals surface area contributed by atoms with Crippen LogP contribution >= 0.6 is 11.3 Å². The number of aryl methyl sites for hydroxylation is 1. The average Bonchev–Trinajstić information content (AvgIpc) is 3.29. The van der Waals surface area contributed by atoms with Gasteiger partial charge < -0.3 is 14.8 Å². The number of hydrogen-bond acceptors (Lipinski definition) is 5. The fourth-order valence-corrected chi connectivity index (χ4v) is 4.27. The van der Waals surface area contributed by atoms with Crippen molar-refractivity contribution in [2.45, 2.75) is 13.1 Å². The number of benzene rings is 2. The van der Waals surface area contributed by atoms with E-state index in [9.17, 15) is 4.79 Å². The van der Waals surface area contributed by atoms with Gasteiger partial charge in [-0.15, -0.1) is 11.3 Å². The maximum Gasteiger partial charge on any atom is 0.262 e. The Bertz CT molecular complexity index is 1010. The maximum atomic E-state index is 13.3. The second-order valence-corrected chi connectivity index (χ2v) is 7.57. The van der Waals surface area contributed by atoms with Gasteiger partial charge >= 0.3 is 0 Å². The Hall–Kier alpha value is -2.99. The first-order valence-electron chi connectivity index (χ1n) is 8.36. The summed E-state index contributed by atoms with van der Waals surface area (Å²) in [6.45, 7) is 2.28. The summed E-state index contributed by atoms with van der Waals surface area (Å²) >= 11 is 1.68. The minimum Gasteiger partial charge on any atom is -0.454 e. The number of para-hydroxylation sites is 1. The third kappa shape index (κ3) is 2.34. The molecule has 2 aliphatic heterocycles. The molecular formula is C20H16N2O3S. The minimum absolute atomic E-state index is 0.0331. The van der Waals surface area contributed by atoms with Crippen LogP contribution in [0.15, 0.2) is 54.6 Å². The van der Waals surface area contributed by atoms with Crippen molar-refractivity contribution in [1.29, 1.82) is 0 Å². The number of nitrogens with one attached hydrogen (secondary N) is 1. The Morgan fingerprint density at radius 3 is 2.77 bits per heavy atom. The van der Waals surface area contributed by atoms with Crippen molar-refractivity contribution in [2.75, 3.05) is 17.0 Å². The fourth-order valence-electron chi connectivity index (χ4n) is 3.35. The lowest BCUT2D eigenvalue weighted by atomic mass is 10.1. The molecule has 0 saturated heterocycles. The quantitative estimate of drug-likeness (QED) is 0.724. The lowest BCUT2D eigenvalue weighted by Gasteiger charge is -2.37. The third-order valence-corrected chi connectivity index (χ3v) is 5.64. The molecule has 3 aromatic rings. The molecule has 2 aromatic carbocycles. The van der Waals surface area contributed by atoms with E-state index < -0.39 is 0 Å². The largest absolute Gasteiger partial charge is 0.454 e. The Kier molecular flexibility index (Phi) is 3.39. The molecule has 26 heavy (non-hydrogen) atoms. The van der Waals surface area contributed by atoms with Gasteiger partial charge in [-0.1, -0.05) is 12.1 Å². The molecule has 1 atom stereocenters. The molecule has 130 valence electrons. The van der Waals surface area contributed by atoms with Gasteiger partial charge in [0.2, 0.25) is 6.79 Å². The fraction of sp³-hybridized carbons (Fsp3) is 0.150. The molecule has 1 N–H and O–H groups in total. The Morgan fingerprint density at radius 1 is 1.08 bits per heavy atom. The van der Waals surface area contributed by atoms with Crippen LogP contribution in [0.4, 0.5) is 11.4 Å². The van der Waals surface area contributed by atoms with Gasteiger partial charge in [-0.2, -0.15) is 0 Å². The summed E-state index contributed by atoms with van der Waals surface area (Å²) in [7, 11) is 0. The summed E-state index contributed by atoms with van der Waals surface area (Å²) in [6, 6.07) is 17.4. The number of nitrogens with zero attached hydrogens (tertiary/aromatic N) is 1. The highest BCUT2D eigenvalue weighted by molar-refractivity contribution is 7.12. The maximum absolute atomic E-state index is 13.3. The summed E-state index contributed by atoms with van der Waals surface area (Å²) in [5.74, 6) is 1.33. The van der Waals surface area contributed by atoms with Crippen LogP contribution in [0, 0.1) is 6.92 Å². The van der Waals surface area contributed by atoms with Crippen molar-refractivity contribution in [3.8, 4) is 11.5 Å². The Morgan fingerprint density at radius 2 is 1.92 bits per heavy atom. The van der Waals surface area contributed by atoms with Crippen molar-refractivity contribution in [2.24, 2.45) is 0 Å². The molecule has 0 radical (unpaired) electrons. The van der Waals surface area contributed by atoms with Crippen molar-refractivity contribution < 1.29 is 14.3 Å². The van der Waals surface area contributed by atoms with E-state index in [1.165, 1.54) is 4.88 Å². The molecule has 0 saturated carbocycles. The van der Waals surface area contributed by atoms with Gasteiger partial charge in [0.25, 0.3) is 5.91 Å². The first-order chi connectivity index (χ1) is 12.7. The summed E-state index contributed by atoms with van der Waals surface area (Å²) in [6.07, 6.45) is -0.267. The van der Waals surface area contributed by atoms with Crippen LogP contribution in [0.1, 0.15) is 26.3 Å². The van der Waals surface area contributed by atoms with E-state index in [1.54, 1.807) is 16.2 Å². The van der Waals surface area contributed by atoms with Crippen LogP contribution < -0.4 is 19.7 Å². The second kappa shape index (κ2) is 5.78. The molecule has 0 bridgehead atoms. The van der Waals surface area contributed by atoms with E-state index in [-0.39, 0.29) is 18.9 Å². The van der Waals surface area contributed by atoms with Crippen LogP contribution in [0.3, 0.4) is 0 Å². The van der Waals surface area contributed by atoms with Crippen LogP contribution in [-0.4, -0.2) is 12.7 Å². The molecular weight excluding hydrogens is 348 g/mol. The van der Waals surface area contributed by atoms with Gasteiger partial charge in [-0.3, -0.25) is 9.69 Å². The lowest BCUT2D eigenvalue weighted by Crippen LogP contribution is -2.42. The molecule has 5 nitrogen and oxygen atoms in total. The number of fused-ring (bicyclic) bond motifs is 2. The van der Waals surface area contributed by atoms with Gasteiger partial charge in [-0.05, 0) is 43.3 Å². The van der Waals surface area contributed by atoms with Crippen LogP contribution in [0.5, 0.6) is 11.5 Å². The van der Waals surface area contributed by atoms with Crippen molar-refractivity contribution in [1.82, 2.24) is 0 Å². The SMILES string of the molecule is Cc1ccc([C@@H]2Nc3ccccc3C(=O)N2c2ccc3c(c2)OCO3)s1. The van der Waals surface area contributed by atoms with Crippen LogP contribution in [0.25, 0.3) is 0 Å². The zero-order valence-corrected chi connectivity index (χ0v) is 14.9. The molecule has 6 heteroatoms. The minimum atomic E-state index is -0.267. The number of carbonyl (C=O) groups excluding carboxylic acids is 1. The molecule has 0 fully saturated rings. The van der Waals surface area contributed by atoms with Gasteiger partial charge in [0.1, 0.15) is 6.17 Å². The van der Waals surface area contributed by atoms with Crippen molar-refractivity contribution in [3.63, 3.8) is 0 Å². The first kappa shape index (κ1) is 15.3. The van der Waals surface area contributed by atoms with Crippen LogP contribution in [0.2, 0.25) is 0 Å². The highest BCUT2D eigenvalue weighted by atomic mass is 32.1. The molecule has 1 aromatic heterocycles. The van der Waals surface area contributed by atoms with Gasteiger partial charge in [0.05, 0.1) is 11.3 Å². The molecule has 3 heterocycles. The van der Waals surface area contributed by atoms with Crippen molar-refractivity contribution in [3.05, 3.63) is 69.9 Å². The zero-order valence-electron chi connectivity index (χ0n) is 14.1. The van der Waals surface area contributed by atoms with Crippen molar-refractivity contribution >= 4 is 28.6 Å². The van der Waals surface area contributed by atoms with E-state index in [1.807, 2.05) is 42.5 Å². The van der Waals surface area contributed by atoms with E-state index in [0.29, 0.717) is 17.1 Å². The zero-order chi connectivity index (χ0) is 17.7. The highest BCUT2D eigenvalue weighted by Gasteiger charge is 2.35. The number of amides is 1. The predicted octanol–water partition coefficient (Wildman–Crippen LogP) is 4.56. The summed E-state index contributed by atoms with van der Waals surface area (Å²) < 4.78 is 10.9. The van der Waals surface area contributed by atoms with E-state index in [2.05, 4.69) is 24.4 Å². The van der Waals surface area contributed by atoms with E-state index >= 15 is 0 Å². The molecule has 0 unspecified atom stereocenters.